The number of phenolic OH excluding ortho intramolecular Hbond substituents is 1. The van der Waals surface area contributed by atoms with E-state index in [1.165, 1.54) is 0 Å². The molecular weight excluding hydrogens is 302 g/mol. The highest BCUT2D eigenvalue weighted by Gasteiger charge is 2.55. The number of amides is 1. The third-order valence-corrected chi connectivity index (χ3v) is 6.07. The van der Waals surface area contributed by atoms with Crippen molar-refractivity contribution in [2.45, 2.75) is 31.1 Å². The highest BCUT2D eigenvalue weighted by molar-refractivity contribution is 8.00. The molecule has 1 saturated heterocycles. The highest BCUT2D eigenvalue weighted by atomic mass is 32.2. The van der Waals surface area contributed by atoms with Gasteiger partial charge in [0.05, 0.1) is 17.2 Å². The van der Waals surface area contributed by atoms with Crippen LogP contribution in [0.3, 0.4) is 0 Å². The fourth-order valence-electron chi connectivity index (χ4n) is 3.22. The second kappa shape index (κ2) is 5.50. The number of thioether (sulfide) groups is 1. The van der Waals surface area contributed by atoms with E-state index in [4.69, 9.17) is 5.11 Å². The summed E-state index contributed by atoms with van der Waals surface area (Å²) in [7, 11) is 0. The minimum absolute atomic E-state index is 0.0112. The number of aliphatic carboxylic acids is 1. The lowest BCUT2D eigenvalue weighted by atomic mass is 9.78. The summed E-state index contributed by atoms with van der Waals surface area (Å²) in [5.74, 6) is -0.0298. The van der Waals surface area contributed by atoms with Gasteiger partial charge < -0.3 is 15.1 Å². The number of phenols is 1. The third-order valence-electron chi connectivity index (χ3n) is 4.59. The van der Waals surface area contributed by atoms with E-state index in [0.29, 0.717) is 19.4 Å². The maximum absolute atomic E-state index is 12.6. The summed E-state index contributed by atoms with van der Waals surface area (Å²) in [6, 6.07) is 5.28. The lowest BCUT2D eigenvalue weighted by molar-refractivity contribution is -0.151. The Kier molecular flexibility index (Phi) is 3.80. The monoisotopic (exact) mass is 321 g/mol. The van der Waals surface area contributed by atoms with Gasteiger partial charge in [-0.25, -0.2) is 0 Å². The topological polar surface area (TPSA) is 77.8 Å². The molecule has 3 rings (SSSR count). The molecule has 5 nitrogen and oxygen atoms in total. The summed E-state index contributed by atoms with van der Waals surface area (Å²) < 4.78 is 0. The first-order chi connectivity index (χ1) is 10.4. The molecule has 2 N–H and O–H groups in total. The van der Waals surface area contributed by atoms with Crippen LogP contribution in [0.2, 0.25) is 0 Å². The molecular formula is C16H19NO4S. The van der Waals surface area contributed by atoms with Gasteiger partial charge in [-0.15, -0.1) is 11.8 Å². The van der Waals surface area contributed by atoms with Gasteiger partial charge in [-0.05, 0) is 37.0 Å². The molecule has 22 heavy (non-hydrogen) atoms. The molecule has 0 bridgehead atoms. The van der Waals surface area contributed by atoms with Crippen LogP contribution in [0.1, 0.15) is 24.0 Å². The van der Waals surface area contributed by atoms with E-state index >= 15 is 0 Å². The number of nitrogens with zero attached hydrogens (tertiary/aromatic N) is 1. The highest BCUT2D eigenvalue weighted by Crippen LogP contribution is 2.53. The molecule has 1 spiro atoms. The van der Waals surface area contributed by atoms with Crippen molar-refractivity contribution in [3.63, 3.8) is 0 Å². The Morgan fingerprint density at radius 3 is 2.77 bits per heavy atom. The standard InChI is InChI=1S/C16H19NO4S/c1-10-2-3-11(6-13(10)18)7-14(19)17-4-5-22-16(17)8-12(9-16)15(20)21/h2-3,6,12,18H,4-5,7-9H2,1H3,(H,20,21). The second-order valence-corrected chi connectivity index (χ2v) is 7.54. The van der Waals surface area contributed by atoms with E-state index in [2.05, 4.69) is 0 Å². The van der Waals surface area contributed by atoms with Crippen LogP contribution in [0, 0.1) is 12.8 Å². The number of hydrogen-bond donors (Lipinski definition) is 2. The fraction of sp³-hybridized carbons (Fsp3) is 0.500. The van der Waals surface area contributed by atoms with E-state index in [9.17, 15) is 14.7 Å². The number of carboxylic acid groups (broad SMARTS) is 1. The van der Waals surface area contributed by atoms with Gasteiger partial charge in [0.1, 0.15) is 5.75 Å². The van der Waals surface area contributed by atoms with E-state index in [1.54, 1.807) is 23.9 Å². The van der Waals surface area contributed by atoms with E-state index in [0.717, 1.165) is 16.9 Å². The van der Waals surface area contributed by atoms with Crippen LogP contribution in [-0.4, -0.2) is 44.2 Å². The van der Waals surface area contributed by atoms with Crippen molar-refractivity contribution < 1.29 is 19.8 Å². The molecule has 6 heteroatoms. The predicted octanol–water partition coefficient (Wildman–Crippen LogP) is 2.01. The minimum atomic E-state index is -0.769. The molecule has 2 fully saturated rings. The number of carboxylic acids is 1. The molecule has 1 aromatic rings. The summed E-state index contributed by atoms with van der Waals surface area (Å²) in [5, 5.41) is 18.8. The van der Waals surface area contributed by atoms with E-state index in [-0.39, 0.29) is 28.9 Å². The number of carbonyl (C=O) groups excluding carboxylic acids is 1. The third kappa shape index (κ3) is 2.56. The predicted molar refractivity (Wildman–Crippen MR) is 83.8 cm³/mol. The van der Waals surface area contributed by atoms with Crippen molar-refractivity contribution in [2.75, 3.05) is 12.3 Å². The van der Waals surface area contributed by atoms with Gasteiger partial charge in [-0.3, -0.25) is 9.59 Å². The first-order valence-corrected chi connectivity index (χ1v) is 8.35. The molecule has 0 unspecified atom stereocenters. The zero-order chi connectivity index (χ0) is 15.9. The first-order valence-electron chi connectivity index (χ1n) is 7.37. The SMILES string of the molecule is Cc1ccc(CC(=O)N2CCSC23CC(C(=O)O)C3)cc1O. The Morgan fingerprint density at radius 1 is 1.41 bits per heavy atom. The summed E-state index contributed by atoms with van der Waals surface area (Å²) >= 11 is 1.70. The normalized spacial score (nSPS) is 27.0. The minimum Gasteiger partial charge on any atom is -0.508 e. The lowest BCUT2D eigenvalue weighted by Crippen LogP contribution is -2.56. The molecule has 1 aliphatic carbocycles. The van der Waals surface area contributed by atoms with Crippen LogP contribution in [0.5, 0.6) is 5.75 Å². The zero-order valence-corrected chi connectivity index (χ0v) is 13.2. The second-order valence-electron chi connectivity index (χ2n) is 6.08. The molecule has 2 aliphatic rings. The van der Waals surface area contributed by atoms with Crippen molar-refractivity contribution in [2.24, 2.45) is 5.92 Å². The molecule has 1 aliphatic heterocycles. The molecule has 1 saturated carbocycles. The fourth-order valence-corrected chi connectivity index (χ4v) is 4.86. The molecule has 0 atom stereocenters. The Balaban J connectivity index is 1.69. The van der Waals surface area contributed by atoms with Crippen LogP contribution in [0.15, 0.2) is 18.2 Å². The van der Waals surface area contributed by atoms with Crippen LogP contribution >= 0.6 is 11.8 Å². The number of rotatable bonds is 3. The van der Waals surface area contributed by atoms with Crippen molar-refractivity contribution >= 4 is 23.6 Å². The van der Waals surface area contributed by atoms with Crippen molar-refractivity contribution in [1.29, 1.82) is 0 Å². The molecule has 0 radical (unpaired) electrons. The molecule has 1 amide bonds. The van der Waals surface area contributed by atoms with Gasteiger partial charge in [0.15, 0.2) is 0 Å². The maximum Gasteiger partial charge on any atom is 0.306 e. The van der Waals surface area contributed by atoms with Crippen LogP contribution < -0.4 is 0 Å². The van der Waals surface area contributed by atoms with Crippen LogP contribution in [-0.2, 0) is 16.0 Å². The van der Waals surface area contributed by atoms with Gasteiger partial charge in [0.25, 0.3) is 0 Å². The largest absolute Gasteiger partial charge is 0.508 e. The zero-order valence-electron chi connectivity index (χ0n) is 12.4. The molecule has 1 heterocycles. The number of aryl methyl sites for hydroxylation is 1. The quantitative estimate of drug-likeness (QED) is 0.890. The van der Waals surface area contributed by atoms with Crippen molar-refractivity contribution in [1.82, 2.24) is 4.90 Å². The van der Waals surface area contributed by atoms with Gasteiger partial charge in [0.2, 0.25) is 5.91 Å². The first kappa shape index (κ1) is 15.2. The Hall–Kier alpha value is -1.69. The average molecular weight is 321 g/mol. The summed E-state index contributed by atoms with van der Waals surface area (Å²) in [4.78, 5) is 25.1. The number of carbonyl (C=O) groups is 2. The van der Waals surface area contributed by atoms with E-state index < -0.39 is 5.97 Å². The summed E-state index contributed by atoms with van der Waals surface area (Å²) in [6.07, 6.45) is 1.32. The molecule has 118 valence electrons. The average Bonchev–Trinajstić information content (AvgIpc) is 2.86. The van der Waals surface area contributed by atoms with Crippen LogP contribution in [0.25, 0.3) is 0 Å². The smallest absolute Gasteiger partial charge is 0.306 e. The van der Waals surface area contributed by atoms with Gasteiger partial charge in [-0.1, -0.05) is 12.1 Å². The maximum atomic E-state index is 12.6. The number of hydrogen-bond acceptors (Lipinski definition) is 4. The Bertz CT molecular complexity index is 625. The van der Waals surface area contributed by atoms with Crippen molar-refractivity contribution in [3.05, 3.63) is 29.3 Å². The number of benzene rings is 1. The van der Waals surface area contributed by atoms with Gasteiger partial charge in [-0.2, -0.15) is 0 Å². The number of aromatic hydroxyl groups is 1. The Morgan fingerprint density at radius 2 is 2.14 bits per heavy atom. The molecule has 1 aromatic carbocycles. The summed E-state index contributed by atoms with van der Waals surface area (Å²) in [6.45, 7) is 2.49. The van der Waals surface area contributed by atoms with E-state index in [1.807, 2.05) is 17.9 Å². The lowest BCUT2D eigenvalue weighted by Gasteiger charge is -2.48. The van der Waals surface area contributed by atoms with Gasteiger partial charge >= 0.3 is 5.97 Å². The van der Waals surface area contributed by atoms with Crippen LogP contribution in [0.4, 0.5) is 0 Å². The van der Waals surface area contributed by atoms with Crippen molar-refractivity contribution in [3.8, 4) is 5.75 Å². The van der Waals surface area contributed by atoms with Gasteiger partial charge in [0, 0.05) is 12.3 Å². The Labute approximate surface area is 133 Å². The summed E-state index contributed by atoms with van der Waals surface area (Å²) in [5.41, 5.74) is 1.57. The molecule has 0 aromatic heterocycles.